The number of nitrogen functional groups attached to an aromatic ring is 1. The van der Waals surface area contributed by atoms with Gasteiger partial charge in [0.1, 0.15) is 4.21 Å². The van der Waals surface area contributed by atoms with Crippen molar-refractivity contribution in [2.24, 2.45) is 11.6 Å². The van der Waals surface area contributed by atoms with Crippen LogP contribution < -0.4 is 21.7 Å². The maximum Gasteiger partial charge on any atom is 0.306 e. The van der Waals surface area contributed by atoms with Gasteiger partial charge in [0.2, 0.25) is 5.91 Å². The molecule has 0 saturated heterocycles. The van der Waals surface area contributed by atoms with Crippen LogP contribution in [-0.2, 0) is 14.8 Å². The largest absolute Gasteiger partial charge is 0.369 e. The highest BCUT2D eigenvalue weighted by Gasteiger charge is 2.25. The van der Waals surface area contributed by atoms with Gasteiger partial charge in [0.25, 0.3) is 10.0 Å². The van der Waals surface area contributed by atoms with E-state index in [0.717, 1.165) is 6.07 Å². The number of nitrogens with zero attached hydrogens (tertiary/aromatic N) is 1. The Labute approximate surface area is 105 Å². The molecule has 1 heterocycles. The number of primary amides is 1. The lowest BCUT2D eigenvalue weighted by Crippen LogP contribution is -2.32. The molecule has 100 valence electrons. The van der Waals surface area contributed by atoms with E-state index in [2.05, 4.69) is 0 Å². The SMILES string of the molecule is NNc1sc(S(=O)(=O)NCC(N)=O)cc1[N+](=O)[O-]. The predicted molar refractivity (Wildman–Crippen MR) is 63.2 cm³/mol. The molecule has 0 saturated carbocycles. The molecule has 1 amide bonds. The van der Waals surface area contributed by atoms with Crippen molar-refractivity contribution < 1.29 is 18.1 Å². The van der Waals surface area contributed by atoms with Crippen LogP contribution in [0.5, 0.6) is 0 Å². The van der Waals surface area contributed by atoms with E-state index in [1.807, 2.05) is 10.1 Å². The summed E-state index contributed by atoms with van der Waals surface area (Å²) in [6.45, 7) is -0.598. The van der Waals surface area contributed by atoms with E-state index in [1.54, 1.807) is 0 Å². The monoisotopic (exact) mass is 295 g/mol. The van der Waals surface area contributed by atoms with Gasteiger partial charge in [-0.2, -0.15) is 0 Å². The van der Waals surface area contributed by atoms with Crippen LogP contribution in [0.2, 0.25) is 0 Å². The van der Waals surface area contributed by atoms with E-state index >= 15 is 0 Å². The Kier molecular flexibility index (Phi) is 4.18. The quantitative estimate of drug-likeness (QED) is 0.287. The maximum atomic E-state index is 11.6. The van der Waals surface area contributed by atoms with Crippen molar-refractivity contribution in [2.75, 3.05) is 12.0 Å². The van der Waals surface area contributed by atoms with Gasteiger partial charge < -0.3 is 11.2 Å². The number of sulfonamides is 1. The molecule has 6 N–H and O–H groups in total. The summed E-state index contributed by atoms with van der Waals surface area (Å²) in [6, 6.07) is 0.836. The molecule has 0 spiro atoms. The van der Waals surface area contributed by atoms with Crippen LogP contribution in [0, 0.1) is 10.1 Å². The second kappa shape index (κ2) is 5.26. The zero-order chi connectivity index (χ0) is 13.9. The van der Waals surface area contributed by atoms with Gasteiger partial charge in [-0.15, -0.1) is 0 Å². The summed E-state index contributed by atoms with van der Waals surface area (Å²) in [7, 11) is -4.03. The summed E-state index contributed by atoms with van der Waals surface area (Å²) < 4.78 is 24.8. The van der Waals surface area contributed by atoms with Crippen molar-refractivity contribution in [2.45, 2.75) is 4.21 Å². The normalized spacial score (nSPS) is 11.2. The molecular formula is C6H9N5O5S2. The number of carbonyl (C=O) groups is 1. The first-order chi connectivity index (χ1) is 8.27. The molecule has 0 unspecified atom stereocenters. The third kappa shape index (κ3) is 3.13. The number of nitrogens with one attached hydrogen (secondary N) is 2. The van der Waals surface area contributed by atoms with Gasteiger partial charge in [0, 0.05) is 6.07 Å². The van der Waals surface area contributed by atoms with Crippen molar-refractivity contribution in [3.63, 3.8) is 0 Å². The molecule has 0 radical (unpaired) electrons. The zero-order valence-corrected chi connectivity index (χ0v) is 10.4. The van der Waals surface area contributed by atoms with Crippen LogP contribution in [0.1, 0.15) is 0 Å². The highest BCUT2D eigenvalue weighted by atomic mass is 32.2. The fraction of sp³-hybridized carbons (Fsp3) is 0.167. The Morgan fingerprint density at radius 3 is 2.56 bits per heavy atom. The molecule has 1 rings (SSSR count). The molecule has 0 aromatic carbocycles. The second-order valence-corrected chi connectivity index (χ2v) is 6.02. The average Bonchev–Trinajstić information content (AvgIpc) is 2.71. The van der Waals surface area contributed by atoms with E-state index < -0.39 is 33.1 Å². The van der Waals surface area contributed by atoms with Gasteiger partial charge in [0.05, 0.1) is 11.5 Å². The number of hydrazine groups is 1. The lowest BCUT2D eigenvalue weighted by atomic mass is 10.5. The molecule has 0 aliphatic heterocycles. The molecule has 0 bridgehead atoms. The summed E-state index contributed by atoms with van der Waals surface area (Å²) in [4.78, 5) is 20.3. The first-order valence-corrected chi connectivity index (χ1v) is 6.60. The van der Waals surface area contributed by atoms with E-state index in [1.165, 1.54) is 0 Å². The lowest BCUT2D eigenvalue weighted by molar-refractivity contribution is -0.383. The zero-order valence-electron chi connectivity index (χ0n) is 8.74. The van der Waals surface area contributed by atoms with Gasteiger partial charge >= 0.3 is 5.69 Å². The molecule has 0 atom stereocenters. The highest BCUT2D eigenvalue weighted by Crippen LogP contribution is 2.36. The molecule has 1 aromatic rings. The van der Waals surface area contributed by atoms with Crippen molar-refractivity contribution in [3.8, 4) is 0 Å². The minimum Gasteiger partial charge on any atom is -0.369 e. The molecule has 18 heavy (non-hydrogen) atoms. The van der Waals surface area contributed by atoms with Crippen LogP contribution in [0.15, 0.2) is 10.3 Å². The second-order valence-electron chi connectivity index (χ2n) is 2.97. The smallest absolute Gasteiger partial charge is 0.306 e. The van der Waals surface area contributed by atoms with Crippen molar-refractivity contribution >= 4 is 38.0 Å². The Balaban J connectivity index is 3.10. The standard InChI is InChI=1S/C6H9N5O5S2/c7-4(12)2-9-18(15,16)5-1-3(11(13)14)6(10-8)17-5/h1,9-10H,2,8H2,(H2,7,12). The Bertz CT molecular complexity index is 579. The third-order valence-electron chi connectivity index (χ3n) is 1.72. The van der Waals surface area contributed by atoms with E-state index in [-0.39, 0.29) is 9.21 Å². The maximum absolute atomic E-state index is 11.6. The third-order valence-corrected chi connectivity index (χ3v) is 4.65. The number of hydrogen-bond acceptors (Lipinski definition) is 8. The van der Waals surface area contributed by atoms with Crippen LogP contribution in [-0.4, -0.2) is 25.8 Å². The number of amides is 1. The van der Waals surface area contributed by atoms with Crippen molar-refractivity contribution in [3.05, 3.63) is 16.2 Å². The highest BCUT2D eigenvalue weighted by molar-refractivity contribution is 7.91. The van der Waals surface area contributed by atoms with Crippen LogP contribution >= 0.6 is 11.3 Å². The van der Waals surface area contributed by atoms with Crippen LogP contribution in [0.3, 0.4) is 0 Å². The minimum absolute atomic E-state index is 0.112. The van der Waals surface area contributed by atoms with Gasteiger partial charge in [-0.3, -0.25) is 14.9 Å². The molecule has 0 fully saturated rings. The molecular weight excluding hydrogens is 286 g/mol. The lowest BCUT2D eigenvalue weighted by Gasteiger charge is -2.00. The average molecular weight is 295 g/mol. The van der Waals surface area contributed by atoms with E-state index in [4.69, 9.17) is 11.6 Å². The predicted octanol–water partition coefficient (Wildman–Crippen LogP) is -1.29. The summed E-state index contributed by atoms with van der Waals surface area (Å²) in [6.07, 6.45) is 0. The minimum atomic E-state index is -4.03. The molecule has 12 heteroatoms. The fourth-order valence-corrected chi connectivity index (χ4v) is 3.24. The fourth-order valence-electron chi connectivity index (χ4n) is 0.968. The van der Waals surface area contributed by atoms with E-state index in [9.17, 15) is 23.3 Å². The first kappa shape index (κ1) is 14.3. The molecule has 1 aromatic heterocycles. The van der Waals surface area contributed by atoms with Crippen LogP contribution in [0.25, 0.3) is 0 Å². The van der Waals surface area contributed by atoms with Gasteiger partial charge in [-0.25, -0.2) is 19.0 Å². The number of anilines is 1. The van der Waals surface area contributed by atoms with E-state index in [0.29, 0.717) is 11.3 Å². The van der Waals surface area contributed by atoms with Crippen molar-refractivity contribution in [1.82, 2.24) is 4.72 Å². The first-order valence-electron chi connectivity index (χ1n) is 4.30. The Morgan fingerprint density at radius 1 is 1.56 bits per heavy atom. The number of thiophene rings is 1. The Hall–Kier alpha value is -1.76. The molecule has 0 aliphatic carbocycles. The number of nitrogens with two attached hydrogens (primary N) is 2. The molecule has 10 nitrogen and oxygen atoms in total. The van der Waals surface area contributed by atoms with Gasteiger partial charge in [-0.1, -0.05) is 11.3 Å². The summed E-state index contributed by atoms with van der Waals surface area (Å²) >= 11 is 0.566. The summed E-state index contributed by atoms with van der Waals surface area (Å²) in [5, 5.41) is 10.5. The van der Waals surface area contributed by atoms with Gasteiger partial charge in [0.15, 0.2) is 5.00 Å². The molecule has 0 aliphatic rings. The number of carbonyl (C=O) groups excluding carboxylic acids is 1. The number of nitro groups is 1. The summed E-state index contributed by atoms with van der Waals surface area (Å²) in [5.41, 5.74) is 6.34. The topological polar surface area (TPSA) is 170 Å². The van der Waals surface area contributed by atoms with Gasteiger partial charge in [-0.05, 0) is 0 Å². The number of rotatable bonds is 6. The van der Waals surface area contributed by atoms with Crippen LogP contribution in [0.4, 0.5) is 10.7 Å². The summed E-state index contributed by atoms with van der Waals surface area (Å²) in [5.74, 6) is 4.16. The number of hydrogen-bond donors (Lipinski definition) is 4. The Morgan fingerprint density at radius 2 is 2.17 bits per heavy atom. The van der Waals surface area contributed by atoms with Crippen molar-refractivity contribution in [1.29, 1.82) is 0 Å².